The van der Waals surface area contributed by atoms with E-state index < -0.39 is 0 Å². The molecule has 88 valence electrons. The van der Waals surface area contributed by atoms with Gasteiger partial charge in [0.15, 0.2) is 0 Å². The van der Waals surface area contributed by atoms with Crippen molar-refractivity contribution in [1.29, 1.82) is 5.26 Å². The summed E-state index contributed by atoms with van der Waals surface area (Å²) in [4.78, 5) is 17.7. The Morgan fingerprint density at radius 3 is 3.18 bits per heavy atom. The molecule has 0 aromatic carbocycles. The number of rotatable bonds is 1. The number of hydrogen-bond acceptors (Lipinski definition) is 3. The molecule has 1 aliphatic rings. The van der Waals surface area contributed by atoms with Crippen LogP contribution in [0.15, 0.2) is 18.3 Å². The molecule has 0 radical (unpaired) electrons. The number of carbonyl (C=O) groups excluding carboxylic acids is 1. The molecule has 0 saturated carbocycles. The molecule has 1 saturated heterocycles. The third kappa shape index (κ3) is 2.56. The van der Waals surface area contributed by atoms with Gasteiger partial charge in [-0.3, -0.25) is 4.79 Å². The second kappa shape index (κ2) is 5.15. The van der Waals surface area contributed by atoms with E-state index in [4.69, 9.17) is 16.9 Å². The van der Waals surface area contributed by atoms with E-state index in [1.54, 1.807) is 23.2 Å². The van der Waals surface area contributed by atoms with Crippen molar-refractivity contribution in [3.63, 3.8) is 0 Å². The number of piperidine rings is 1. The zero-order chi connectivity index (χ0) is 12.3. The van der Waals surface area contributed by atoms with E-state index >= 15 is 0 Å². The molecule has 1 aromatic rings. The molecule has 5 heteroatoms. The summed E-state index contributed by atoms with van der Waals surface area (Å²) in [6.45, 7) is 1.17. The van der Waals surface area contributed by atoms with Crippen molar-refractivity contribution in [3.05, 3.63) is 29.0 Å². The molecule has 1 atom stereocenters. The summed E-state index contributed by atoms with van der Waals surface area (Å²) in [5, 5.41) is 9.11. The van der Waals surface area contributed by atoms with Gasteiger partial charge in [0, 0.05) is 19.3 Å². The molecule has 0 aliphatic carbocycles. The van der Waals surface area contributed by atoms with Crippen LogP contribution >= 0.6 is 11.6 Å². The molecule has 1 aromatic heterocycles. The number of nitrogens with zero attached hydrogens (tertiary/aromatic N) is 3. The third-order valence-electron chi connectivity index (χ3n) is 2.88. The predicted octanol–water partition coefficient (Wildman–Crippen LogP) is 2.11. The van der Waals surface area contributed by atoms with E-state index in [0.717, 1.165) is 12.8 Å². The first-order valence-electron chi connectivity index (χ1n) is 5.52. The Morgan fingerprint density at radius 2 is 2.47 bits per heavy atom. The van der Waals surface area contributed by atoms with Crippen molar-refractivity contribution in [2.45, 2.75) is 12.8 Å². The lowest BCUT2D eigenvalue weighted by Crippen LogP contribution is -2.39. The number of amides is 1. The normalized spacial score (nSPS) is 19.8. The highest BCUT2D eigenvalue weighted by atomic mass is 35.5. The summed E-state index contributed by atoms with van der Waals surface area (Å²) in [5.41, 5.74) is 0.410. The monoisotopic (exact) mass is 249 g/mol. The average molecular weight is 250 g/mol. The van der Waals surface area contributed by atoms with Gasteiger partial charge in [0.05, 0.1) is 17.6 Å². The Kier molecular flexibility index (Phi) is 3.60. The molecule has 0 spiro atoms. The van der Waals surface area contributed by atoms with Crippen LogP contribution in [-0.4, -0.2) is 28.9 Å². The molecule has 2 rings (SSSR count). The largest absolute Gasteiger partial charge is 0.337 e. The minimum Gasteiger partial charge on any atom is -0.337 e. The summed E-state index contributed by atoms with van der Waals surface area (Å²) in [6, 6.07) is 5.56. The fourth-order valence-electron chi connectivity index (χ4n) is 1.98. The predicted molar refractivity (Wildman–Crippen MR) is 63.5 cm³/mol. The van der Waals surface area contributed by atoms with Crippen LogP contribution in [0.1, 0.15) is 23.2 Å². The zero-order valence-corrected chi connectivity index (χ0v) is 10.0. The first-order valence-corrected chi connectivity index (χ1v) is 5.89. The lowest BCUT2D eigenvalue weighted by molar-refractivity contribution is 0.0698. The Hall–Kier alpha value is -1.60. The average Bonchev–Trinajstić information content (AvgIpc) is 2.38. The fraction of sp³-hybridized carbons (Fsp3) is 0.417. The van der Waals surface area contributed by atoms with Gasteiger partial charge in [-0.05, 0) is 25.0 Å². The molecular weight excluding hydrogens is 238 g/mol. The summed E-state index contributed by atoms with van der Waals surface area (Å²) >= 11 is 5.88. The highest BCUT2D eigenvalue weighted by Gasteiger charge is 2.25. The van der Waals surface area contributed by atoms with E-state index in [2.05, 4.69) is 11.1 Å². The van der Waals surface area contributed by atoms with Gasteiger partial charge >= 0.3 is 0 Å². The first-order chi connectivity index (χ1) is 8.22. The van der Waals surface area contributed by atoms with E-state index in [9.17, 15) is 4.79 Å². The molecule has 1 amide bonds. The number of likely N-dealkylation sites (tertiary alicyclic amines) is 1. The highest BCUT2D eigenvalue weighted by Crippen LogP contribution is 2.20. The van der Waals surface area contributed by atoms with Crippen LogP contribution in [0.25, 0.3) is 0 Å². The van der Waals surface area contributed by atoms with Gasteiger partial charge in [-0.1, -0.05) is 11.6 Å². The van der Waals surface area contributed by atoms with E-state index in [1.165, 1.54) is 0 Å². The number of carbonyl (C=O) groups is 1. The quantitative estimate of drug-likeness (QED) is 0.717. The lowest BCUT2D eigenvalue weighted by atomic mass is 9.99. The molecule has 0 bridgehead atoms. The topological polar surface area (TPSA) is 57.0 Å². The molecule has 17 heavy (non-hydrogen) atoms. The van der Waals surface area contributed by atoms with Gasteiger partial charge < -0.3 is 4.90 Å². The van der Waals surface area contributed by atoms with Crippen LogP contribution in [0.5, 0.6) is 0 Å². The number of aromatic nitrogens is 1. The number of nitriles is 1. The van der Waals surface area contributed by atoms with Crippen molar-refractivity contribution in [2.24, 2.45) is 5.92 Å². The lowest BCUT2D eigenvalue weighted by Gasteiger charge is -2.29. The Labute approximate surface area is 105 Å². The minimum absolute atomic E-state index is 0.0665. The van der Waals surface area contributed by atoms with Gasteiger partial charge in [0.2, 0.25) is 0 Å². The van der Waals surface area contributed by atoms with Crippen LogP contribution in [0.4, 0.5) is 0 Å². The molecule has 1 aliphatic heterocycles. The number of halogens is 1. The molecule has 2 heterocycles. The zero-order valence-electron chi connectivity index (χ0n) is 9.27. The van der Waals surface area contributed by atoms with Gasteiger partial charge in [-0.2, -0.15) is 5.26 Å². The molecule has 1 unspecified atom stereocenters. The van der Waals surface area contributed by atoms with Gasteiger partial charge in [-0.15, -0.1) is 0 Å². The maximum Gasteiger partial charge on any atom is 0.257 e. The van der Waals surface area contributed by atoms with Crippen molar-refractivity contribution < 1.29 is 4.79 Å². The summed E-state index contributed by atoms with van der Waals surface area (Å²) in [7, 11) is 0. The first kappa shape index (κ1) is 11.9. The molecule has 0 N–H and O–H groups in total. The second-order valence-corrected chi connectivity index (χ2v) is 4.42. The SMILES string of the molecule is N#CC1CCCN(C(=O)c2cccnc2Cl)C1. The maximum atomic E-state index is 12.2. The maximum absolute atomic E-state index is 12.2. The van der Waals surface area contributed by atoms with Crippen molar-refractivity contribution >= 4 is 17.5 Å². The smallest absolute Gasteiger partial charge is 0.257 e. The van der Waals surface area contributed by atoms with Gasteiger partial charge in [0.1, 0.15) is 5.15 Å². The Morgan fingerprint density at radius 1 is 1.65 bits per heavy atom. The van der Waals surface area contributed by atoms with Crippen molar-refractivity contribution in [2.75, 3.05) is 13.1 Å². The fourth-order valence-corrected chi connectivity index (χ4v) is 2.18. The van der Waals surface area contributed by atoms with E-state index in [-0.39, 0.29) is 17.0 Å². The molecule has 1 fully saturated rings. The van der Waals surface area contributed by atoms with Crippen LogP contribution in [0.2, 0.25) is 5.15 Å². The standard InChI is InChI=1S/C12H12ClN3O/c13-11-10(4-1-5-15-11)12(17)16-6-2-3-9(7-14)8-16/h1,4-5,9H,2-3,6,8H2. The third-order valence-corrected chi connectivity index (χ3v) is 3.18. The van der Waals surface area contributed by atoms with Gasteiger partial charge in [-0.25, -0.2) is 4.98 Å². The number of hydrogen-bond donors (Lipinski definition) is 0. The minimum atomic E-state index is -0.136. The summed E-state index contributed by atoms with van der Waals surface area (Å²) in [6.07, 6.45) is 3.27. The van der Waals surface area contributed by atoms with E-state index in [0.29, 0.717) is 18.7 Å². The van der Waals surface area contributed by atoms with Gasteiger partial charge in [0.25, 0.3) is 5.91 Å². The highest BCUT2D eigenvalue weighted by molar-refractivity contribution is 6.32. The van der Waals surface area contributed by atoms with Crippen molar-refractivity contribution in [3.8, 4) is 6.07 Å². The van der Waals surface area contributed by atoms with Crippen LogP contribution in [-0.2, 0) is 0 Å². The Bertz CT molecular complexity index is 469. The van der Waals surface area contributed by atoms with Crippen LogP contribution < -0.4 is 0 Å². The van der Waals surface area contributed by atoms with Crippen molar-refractivity contribution in [1.82, 2.24) is 9.88 Å². The van der Waals surface area contributed by atoms with Crippen LogP contribution in [0.3, 0.4) is 0 Å². The number of pyridine rings is 1. The second-order valence-electron chi connectivity index (χ2n) is 4.06. The Balaban J connectivity index is 2.16. The van der Waals surface area contributed by atoms with E-state index in [1.807, 2.05) is 0 Å². The molecule has 4 nitrogen and oxygen atoms in total. The molecular formula is C12H12ClN3O. The summed E-state index contributed by atoms with van der Waals surface area (Å²) in [5.74, 6) is -0.203. The van der Waals surface area contributed by atoms with Crippen LogP contribution in [0, 0.1) is 17.2 Å². The summed E-state index contributed by atoms with van der Waals surface area (Å²) < 4.78 is 0.